The smallest absolute Gasteiger partial charge is 0.224 e. The standard InChI is InChI=1S/C17H21N3O2/c21-16(20-10-3-6-15(20)17(22)8-9-17)7-11-19-12-18-13-4-1-2-5-14(13)19/h1-2,4-5,12,15,22H,3,6-11H2. The molecule has 0 spiro atoms. The summed E-state index contributed by atoms with van der Waals surface area (Å²) in [6.07, 6.45) is 5.89. The summed E-state index contributed by atoms with van der Waals surface area (Å²) in [7, 11) is 0. The molecule has 116 valence electrons. The number of aryl methyl sites for hydroxylation is 1. The maximum atomic E-state index is 12.5. The molecule has 2 heterocycles. The van der Waals surface area contributed by atoms with Crippen LogP contribution in [0.4, 0.5) is 0 Å². The third kappa shape index (κ3) is 2.29. The zero-order chi connectivity index (χ0) is 15.2. The first kappa shape index (κ1) is 13.8. The van der Waals surface area contributed by atoms with Gasteiger partial charge in [-0.2, -0.15) is 0 Å². The Labute approximate surface area is 129 Å². The molecule has 5 heteroatoms. The Morgan fingerprint density at radius 2 is 2.18 bits per heavy atom. The summed E-state index contributed by atoms with van der Waals surface area (Å²) in [6, 6.07) is 8.00. The van der Waals surface area contributed by atoms with Gasteiger partial charge >= 0.3 is 0 Å². The number of hydrogen-bond acceptors (Lipinski definition) is 3. The van der Waals surface area contributed by atoms with E-state index in [0.717, 1.165) is 43.3 Å². The summed E-state index contributed by atoms with van der Waals surface area (Å²) >= 11 is 0. The molecule has 22 heavy (non-hydrogen) atoms. The van der Waals surface area contributed by atoms with E-state index in [4.69, 9.17) is 0 Å². The Hall–Kier alpha value is -1.88. The molecule has 1 saturated carbocycles. The Morgan fingerprint density at radius 1 is 1.36 bits per heavy atom. The number of imidazole rings is 1. The van der Waals surface area contributed by atoms with E-state index in [9.17, 15) is 9.90 Å². The number of carbonyl (C=O) groups is 1. The van der Waals surface area contributed by atoms with Gasteiger partial charge in [0.15, 0.2) is 0 Å². The number of nitrogens with zero attached hydrogens (tertiary/aromatic N) is 3. The van der Waals surface area contributed by atoms with E-state index in [-0.39, 0.29) is 11.9 Å². The van der Waals surface area contributed by atoms with Gasteiger partial charge in [0.1, 0.15) is 0 Å². The predicted molar refractivity (Wildman–Crippen MR) is 83.3 cm³/mol. The van der Waals surface area contributed by atoms with Crippen LogP contribution in [0.3, 0.4) is 0 Å². The molecule has 1 amide bonds. The number of benzene rings is 1. The number of amides is 1. The molecule has 1 aliphatic carbocycles. The first-order valence-corrected chi connectivity index (χ1v) is 8.09. The fraction of sp³-hybridized carbons (Fsp3) is 0.529. The lowest BCUT2D eigenvalue weighted by atomic mass is 10.1. The summed E-state index contributed by atoms with van der Waals surface area (Å²) in [5.74, 6) is 0.153. The number of rotatable bonds is 4. The molecule has 0 bridgehead atoms. The van der Waals surface area contributed by atoms with E-state index in [0.29, 0.717) is 13.0 Å². The van der Waals surface area contributed by atoms with Gasteiger partial charge in [0.05, 0.1) is 29.0 Å². The maximum absolute atomic E-state index is 12.5. The fourth-order valence-corrected chi connectivity index (χ4v) is 3.63. The van der Waals surface area contributed by atoms with Crippen molar-refractivity contribution in [1.29, 1.82) is 0 Å². The van der Waals surface area contributed by atoms with E-state index < -0.39 is 5.60 Å². The SMILES string of the molecule is O=C(CCn1cnc2ccccc21)N1CCCC1C1(O)CC1. The summed E-state index contributed by atoms with van der Waals surface area (Å²) < 4.78 is 2.03. The first-order chi connectivity index (χ1) is 10.7. The van der Waals surface area contributed by atoms with Crippen molar-refractivity contribution in [2.24, 2.45) is 0 Å². The molecule has 1 atom stereocenters. The van der Waals surface area contributed by atoms with Gasteiger partial charge in [0, 0.05) is 19.5 Å². The van der Waals surface area contributed by atoms with Crippen molar-refractivity contribution in [1.82, 2.24) is 14.5 Å². The van der Waals surface area contributed by atoms with Crippen molar-refractivity contribution in [3.05, 3.63) is 30.6 Å². The molecule has 2 aromatic rings. The molecule has 1 aliphatic heterocycles. The molecule has 1 unspecified atom stereocenters. The highest BCUT2D eigenvalue weighted by Gasteiger charge is 2.52. The number of aromatic nitrogens is 2. The van der Waals surface area contributed by atoms with Gasteiger partial charge in [-0.05, 0) is 37.8 Å². The van der Waals surface area contributed by atoms with Crippen LogP contribution in [-0.4, -0.2) is 43.7 Å². The minimum atomic E-state index is -0.589. The molecule has 1 N–H and O–H groups in total. The quantitative estimate of drug-likeness (QED) is 0.938. The Morgan fingerprint density at radius 3 is 3.00 bits per heavy atom. The third-order valence-electron chi connectivity index (χ3n) is 5.05. The van der Waals surface area contributed by atoms with Crippen LogP contribution in [0, 0.1) is 0 Å². The largest absolute Gasteiger partial charge is 0.388 e. The van der Waals surface area contributed by atoms with Crippen LogP contribution in [0.2, 0.25) is 0 Å². The van der Waals surface area contributed by atoms with Crippen molar-refractivity contribution < 1.29 is 9.90 Å². The normalized spacial score (nSPS) is 23.1. The van der Waals surface area contributed by atoms with E-state index in [1.807, 2.05) is 33.7 Å². The maximum Gasteiger partial charge on any atom is 0.224 e. The molecule has 5 nitrogen and oxygen atoms in total. The Kier molecular flexibility index (Phi) is 3.18. The number of hydrogen-bond donors (Lipinski definition) is 1. The number of para-hydroxylation sites is 2. The van der Waals surface area contributed by atoms with E-state index in [1.54, 1.807) is 6.33 Å². The third-order valence-corrected chi connectivity index (χ3v) is 5.05. The summed E-state index contributed by atoms with van der Waals surface area (Å²) in [6.45, 7) is 1.43. The van der Waals surface area contributed by atoms with Gasteiger partial charge in [0.25, 0.3) is 0 Å². The lowest BCUT2D eigenvalue weighted by Crippen LogP contribution is -2.44. The van der Waals surface area contributed by atoms with Crippen molar-refractivity contribution in [3.8, 4) is 0 Å². The van der Waals surface area contributed by atoms with Gasteiger partial charge in [0.2, 0.25) is 5.91 Å². The van der Waals surface area contributed by atoms with Crippen molar-refractivity contribution in [2.75, 3.05) is 6.54 Å². The van der Waals surface area contributed by atoms with Gasteiger partial charge < -0.3 is 14.6 Å². The highest BCUT2D eigenvalue weighted by atomic mass is 16.3. The minimum absolute atomic E-state index is 0.0412. The van der Waals surface area contributed by atoms with Gasteiger partial charge in [-0.15, -0.1) is 0 Å². The average molecular weight is 299 g/mol. The average Bonchev–Trinajstić information content (AvgIpc) is 2.97. The van der Waals surface area contributed by atoms with Crippen LogP contribution in [-0.2, 0) is 11.3 Å². The molecule has 1 aromatic heterocycles. The molecular weight excluding hydrogens is 278 g/mol. The van der Waals surface area contributed by atoms with Crippen LogP contribution in [0.25, 0.3) is 11.0 Å². The second-order valence-electron chi connectivity index (χ2n) is 6.53. The fourth-order valence-electron chi connectivity index (χ4n) is 3.63. The second kappa shape index (κ2) is 5.09. The lowest BCUT2D eigenvalue weighted by molar-refractivity contribution is -0.135. The minimum Gasteiger partial charge on any atom is -0.388 e. The van der Waals surface area contributed by atoms with Crippen LogP contribution in [0.15, 0.2) is 30.6 Å². The topological polar surface area (TPSA) is 58.4 Å². The molecule has 0 radical (unpaired) electrons. The highest BCUT2D eigenvalue weighted by molar-refractivity contribution is 5.78. The first-order valence-electron chi connectivity index (χ1n) is 8.09. The lowest BCUT2D eigenvalue weighted by Gasteiger charge is -2.29. The molecule has 2 aliphatic rings. The highest BCUT2D eigenvalue weighted by Crippen LogP contribution is 2.44. The zero-order valence-electron chi connectivity index (χ0n) is 12.6. The Bertz CT molecular complexity index is 705. The van der Waals surface area contributed by atoms with E-state index >= 15 is 0 Å². The molecular formula is C17H21N3O2. The van der Waals surface area contributed by atoms with Gasteiger partial charge in [-0.1, -0.05) is 12.1 Å². The second-order valence-corrected chi connectivity index (χ2v) is 6.53. The van der Waals surface area contributed by atoms with Crippen LogP contribution < -0.4 is 0 Å². The molecule has 4 rings (SSSR count). The van der Waals surface area contributed by atoms with E-state index in [1.165, 1.54) is 0 Å². The van der Waals surface area contributed by atoms with Crippen molar-refractivity contribution in [3.63, 3.8) is 0 Å². The zero-order valence-corrected chi connectivity index (χ0v) is 12.6. The monoisotopic (exact) mass is 299 g/mol. The van der Waals surface area contributed by atoms with E-state index in [2.05, 4.69) is 4.98 Å². The summed E-state index contributed by atoms with van der Waals surface area (Å²) in [5, 5.41) is 10.3. The summed E-state index contributed by atoms with van der Waals surface area (Å²) in [4.78, 5) is 18.8. The number of likely N-dealkylation sites (tertiary alicyclic amines) is 1. The number of fused-ring (bicyclic) bond motifs is 1. The number of carbonyl (C=O) groups excluding carboxylic acids is 1. The van der Waals surface area contributed by atoms with Gasteiger partial charge in [-0.25, -0.2) is 4.98 Å². The van der Waals surface area contributed by atoms with Crippen LogP contribution in [0.1, 0.15) is 32.1 Å². The number of aliphatic hydroxyl groups is 1. The van der Waals surface area contributed by atoms with Crippen molar-refractivity contribution in [2.45, 2.75) is 50.3 Å². The van der Waals surface area contributed by atoms with Crippen molar-refractivity contribution >= 4 is 16.9 Å². The molecule has 1 saturated heterocycles. The van der Waals surface area contributed by atoms with Crippen LogP contribution in [0.5, 0.6) is 0 Å². The van der Waals surface area contributed by atoms with Gasteiger partial charge in [-0.3, -0.25) is 4.79 Å². The Balaban J connectivity index is 1.44. The molecule has 1 aromatic carbocycles. The predicted octanol–water partition coefficient (Wildman–Crippen LogP) is 1.94. The molecule has 2 fully saturated rings. The summed E-state index contributed by atoms with van der Waals surface area (Å²) in [5.41, 5.74) is 1.43. The van der Waals surface area contributed by atoms with Crippen LogP contribution >= 0.6 is 0 Å².